The monoisotopic (exact) mass is 251 g/mol. The zero-order chi connectivity index (χ0) is 12.6. The first-order valence-electron chi connectivity index (χ1n) is 5.81. The summed E-state index contributed by atoms with van der Waals surface area (Å²) in [7, 11) is -2.85. The van der Waals surface area contributed by atoms with Gasteiger partial charge in [-0.25, -0.2) is 8.42 Å². The third kappa shape index (κ3) is 11.9. The number of ether oxygens (including phenoxy) is 1. The van der Waals surface area contributed by atoms with Crippen molar-refractivity contribution in [3.05, 3.63) is 0 Å². The molecule has 0 saturated heterocycles. The highest BCUT2D eigenvalue weighted by Crippen LogP contribution is 2.06. The number of hydrogen-bond acceptors (Lipinski definition) is 4. The third-order valence-corrected chi connectivity index (χ3v) is 3.08. The van der Waals surface area contributed by atoms with E-state index in [-0.39, 0.29) is 11.9 Å². The van der Waals surface area contributed by atoms with Gasteiger partial charge in [0.05, 0.1) is 18.5 Å². The van der Waals surface area contributed by atoms with Crippen LogP contribution in [0.1, 0.15) is 27.2 Å². The Morgan fingerprint density at radius 3 is 2.31 bits per heavy atom. The fourth-order valence-electron chi connectivity index (χ4n) is 1.45. The molecular weight excluding hydrogens is 226 g/mol. The molecule has 0 aliphatic carbocycles. The largest absolute Gasteiger partial charge is 0.377 e. The smallest absolute Gasteiger partial charge is 0.148 e. The second-order valence-corrected chi connectivity index (χ2v) is 6.95. The van der Waals surface area contributed by atoms with Gasteiger partial charge in [0.25, 0.3) is 0 Å². The molecule has 0 aliphatic rings. The lowest BCUT2D eigenvalue weighted by Gasteiger charge is -2.15. The molecule has 0 aromatic rings. The van der Waals surface area contributed by atoms with E-state index >= 15 is 0 Å². The average molecular weight is 251 g/mol. The van der Waals surface area contributed by atoms with E-state index in [2.05, 4.69) is 26.1 Å². The van der Waals surface area contributed by atoms with Gasteiger partial charge in [-0.2, -0.15) is 0 Å². The van der Waals surface area contributed by atoms with E-state index in [9.17, 15) is 8.42 Å². The van der Waals surface area contributed by atoms with Crippen LogP contribution >= 0.6 is 0 Å². The lowest BCUT2D eigenvalue weighted by atomic mass is 10.1. The summed E-state index contributed by atoms with van der Waals surface area (Å²) >= 11 is 0. The fraction of sp³-hybridized carbons (Fsp3) is 1.00. The SMILES string of the molecule is CC(C)CC(C)OCCNCCS(C)(=O)=O. The lowest BCUT2D eigenvalue weighted by Crippen LogP contribution is -2.27. The molecule has 0 rings (SSSR count). The van der Waals surface area contributed by atoms with Crippen molar-refractivity contribution in [1.29, 1.82) is 0 Å². The van der Waals surface area contributed by atoms with Crippen molar-refractivity contribution >= 4 is 9.84 Å². The van der Waals surface area contributed by atoms with Crippen LogP contribution in [0.5, 0.6) is 0 Å². The highest BCUT2D eigenvalue weighted by atomic mass is 32.2. The fourth-order valence-corrected chi connectivity index (χ4v) is 1.96. The van der Waals surface area contributed by atoms with Gasteiger partial charge in [-0.3, -0.25) is 0 Å². The minimum atomic E-state index is -2.85. The summed E-state index contributed by atoms with van der Waals surface area (Å²) in [4.78, 5) is 0. The summed E-state index contributed by atoms with van der Waals surface area (Å²) in [5.74, 6) is 0.836. The first-order chi connectivity index (χ1) is 7.31. The molecule has 0 aromatic heterocycles. The van der Waals surface area contributed by atoms with Crippen molar-refractivity contribution in [2.24, 2.45) is 5.92 Å². The Morgan fingerprint density at radius 2 is 1.81 bits per heavy atom. The summed E-state index contributed by atoms with van der Waals surface area (Å²) in [5.41, 5.74) is 0. The summed E-state index contributed by atoms with van der Waals surface area (Å²) in [6.45, 7) is 8.25. The minimum Gasteiger partial charge on any atom is -0.377 e. The van der Waals surface area contributed by atoms with Crippen molar-refractivity contribution in [1.82, 2.24) is 5.32 Å². The molecule has 0 fully saturated rings. The van der Waals surface area contributed by atoms with Crippen LogP contribution < -0.4 is 5.32 Å². The van der Waals surface area contributed by atoms with Gasteiger partial charge in [0.15, 0.2) is 0 Å². The quantitative estimate of drug-likeness (QED) is 0.623. The van der Waals surface area contributed by atoms with Crippen molar-refractivity contribution < 1.29 is 13.2 Å². The predicted octanol–water partition coefficient (Wildman–Crippen LogP) is 1.07. The van der Waals surface area contributed by atoms with Gasteiger partial charge in [-0.1, -0.05) is 13.8 Å². The third-order valence-electron chi connectivity index (χ3n) is 2.13. The predicted molar refractivity (Wildman–Crippen MR) is 67.4 cm³/mol. The topological polar surface area (TPSA) is 55.4 Å². The second kappa shape index (κ2) is 8.03. The first-order valence-corrected chi connectivity index (χ1v) is 7.87. The van der Waals surface area contributed by atoms with Crippen LogP contribution in [0.4, 0.5) is 0 Å². The molecule has 1 N–H and O–H groups in total. The molecule has 0 bridgehead atoms. The highest BCUT2D eigenvalue weighted by Gasteiger charge is 2.04. The van der Waals surface area contributed by atoms with Gasteiger partial charge >= 0.3 is 0 Å². The van der Waals surface area contributed by atoms with Crippen molar-refractivity contribution in [3.8, 4) is 0 Å². The lowest BCUT2D eigenvalue weighted by molar-refractivity contribution is 0.0542. The maximum Gasteiger partial charge on any atom is 0.148 e. The van der Waals surface area contributed by atoms with Gasteiger partial charge in [-0.05, 0) is 19.3 Å². The van der Waals surface area contributed by atoms with E-state index in [1.807, 2.05) is 0 Å². The number of sulfone groups is 1. The van der Waals surface area contributed by atoms with Crippen LogP contribution in [0.25, 0.3) is 0 Å². The molecule has 16 heavy (non-hydrogen) atoms. The molecule has 1 unspecified atom stereocenters. The molecule has 1 atom stereocenters. The van der Waals surface area contributed by atoms with E-state index in [4.69, 9.17) is 4.74 Å². The molecule has 4 nitrogen and oxygen atoms in total. The molecule has 5 heteroatoms. The van der Waals surface area contributed by atoms with Crippen LogP contribution in [0.3, 0.4) is 0 Å². The van der Waals surface area contributed by atoms with Crippen molar-refractivity contribution in [3.63, 3.8) is 0 Å². The van der Waals surface area contributed by atoms with Crippen LogP contribution in [0.15, 0.2) is 0 Å². The zero-order valence-electron chi connectivity index (χ0n) is 10.8. The van der Waals surface area contributed by atoms with Crippen LogP contribution in [-0.2, 0) is 14.6 Å². The number of nitrogens with one attached hydrogen (secondary N) is 1. The summed E-state index contributed by atoms with van der Waals surface area (Å²) in [5, 5.41) is 3.05. The van der Waals surface area contributed by atoms with Gasteiger partial charge in [0.1, 0.15) is 9.84 Å². The molecule has 0 aliphatic heterocycles. The van der Waals surface area contributed by atoms with E-state index in [1.54, 1.807) is 0 Å². The summed E-state index contributed by atoms with van der Waals surface area (Å²) in [6.07, 6.45) is 2.58. The number of hydrogen-bond donors (Lipinski definition) is 1. The standard InChI is InChI=1S/C11H25NO3S/c1-10(2)9-11(3)15-7-5-12-6-8-16(4,13)14/h10-12H,5-9H2,1-4H3. The Hall–Kier alpha value is -0.130. The van der Waals surface area contributed by atoms with Gasteiger partial charge in [-0.15, -0.1) is 0 Å². The molecule has 0 heterocycles. The maximum atomic E-state index is 10.8. The zero-order valence-corrected chi connectivity index (χ0v) is 11.6. The Kier molecular flexibility index (Phi) is 7.97. The van der Waals surface area contributed by atoms with Gasteiger partial charge in [0, 0.05) is 19.3 Å². The maximum absolute atomic E-state index is 10.8. The first kappa shape index (κ1) is 15.9. The minimum absolute atomic E-state index is 0.189. The van der Waals surface area contributed by atoms with Crippen LogP contribution in [0.2, 0.25) is 0 Å². The van der Waals surface area contributed by atoms with E-state index in [0.29, 0.717) is 25.6 Å². The molecule has 0 spiro atoms. The Bertz CT molecular complexity index is 262. The Labute approximate surface area is 99.7 Å². The van der Waals surface area contributed by atoms with E-state index in [1.165, 1.54) is 6.26 Å². The molecule has 0 saturated carbocycles. The molecule has 0 amide bonds. The normalized spacial score (nSPS) is 14.3. The Balaban J connectivity index is 3.34. The van der Waals surface area contributed by atoms with Gasteiger partial charge < -0.3 is 10.1 Å². The second-order valence-electron chi connectivity index (χ2n) is 4.69. The average Bonchev–Trinajstić information content (AvgIpc) is 2.07. The van der Waals surface area contributed by atoms with Gasteiger partial charge in [0.2, 0.25) is 0 Å². The van der Waals surface area contributed by atoms with E-state index in [0.717, 1.165) is 6.42 Å². The molecule has 0 aromatic carbocycles. The molecule has 0 radical (unpaired) electrons. The Morgan fingerprint density at radius 1 is 1.19 bits per heavy atom. The highest BCUT2D eigenvalue weighted by molar-refractivity contribution is 7.90. The van der Waals surface area contributed by atoms with Crippen molar-refractivity contribution in [2.75, 3.05) is 31.7 Å². The molecular formula is C11H25NO3S. The van der Waals surface area contributed by atoms with Crippen LogP contribution in [-0.4, -0.2) is 46.2 Å². The number of rotatable bonds is 9. The van der Waals surface area contributed by atoms with E-state index < -0.39 is 9.84 Å². The van der Waals surface area contributed by atoms with Crippen molar-refractivity contribution in [2.45, 2.75) is 33.3 Å². The summed E-state index contributed by atoms with van der Waals surface area (Å²) < 4.78 is 27.2. The molecule has 98 valence electrons. The van der Waals surface area contributed by atoms with Crippen LogP contribution in [0, 0.1) is 5.92 Å². The summed E-state index contributed by atoms with van der Waals surface area (Å²) in [6, 6.07) is 0.